The maximum Gasteiger partial charge on any atom is 0.226 e. The largest absolute Gasteiger partial charge is 0.353 e. The van der Waals surface area contributed by atoms with Gasteiger partial charge in [-0.15, -0.1) is 0 Å². The van der Waals surface area contributed by atoms with E-state index in [1.165, 1.54) is 25.0 Å². The van der Waals surface area contributed by atoms with E-state index in [2.05, 4.69) is 48.7 Å². The molecule has 1 amide bonds. The molecule has 1 heterocycles. The number of unbranched alkanes of at least 4 members (excludes halogenated alkanes) is 1. The van der Waals surface area contributed by atoms with Crippen molar-refractivity contribution in [3.8, 4) is 0 Å². The highest BCUT2D eigenvalue weighted by atomic mass is 16.2. The summed E-state index contributed by atoms with van der Waals surface area (Å²) < 4.78 is 2.12. The predicted molar refractivity (Wildman–Crippen MR) is 82.3 cm³/mol. The molecule has 0 radical (unpaired) electrons. The number of aromatic nitrogens is 1. The van der Waals surface area contributed by atoms with Gasteiger partial charge in [0.1, 0.15) is 0 Å². The summed E-state index contributed by atoms with van der Waals surface area (Å²) in [5.74, 6) is 0.598. The third-order valence-electron chi connectivity index (χ3n) is 4.40. The van der Waals surface area contributed by atoms with Gasteiger partial charge in [0.25, 0.3) is 0 Å². The Morgan fingerprint density at radius 1 is 1.45 bits per heavy atom. The maximum absolute atomic E-state index is 12.8. The molecule has 0 aromatic carbocycles. The van der Waals surface area contributed by atoms with Crippen LogP contribution in [-0.2, 0) is 18.4 Å². The lowest BCUT2D eigenvalue weighted by molar-refractivity contribution is -0.137. The summed E-state index contributed by atoms with van der Waals surface area (Å²) in [6.45, 7) is 5.11. The zero-order valence-corrected chi connectivity index (χ0v) is 13.1. The molecule has 1 aliphatic rings. The first-order chi connectivity index (χ1) is 9.67. The summed E-state index contributed by atoms with van der Waals surface area (Å²) in [5.41, 5.74) is 1.23. The van der Waals surface area contributed by atoms with Crippen molar-refractivity contribution in [3.63, 3.8) is 0 Å². The molecule has 0 bridgehead atoms. The number of aryl methyl sites for hydroxylation is 1. The average Bonchev–Trinajstić information content (AvgIpc) is 3.20. The number of hydrogen-bond donors (Lipinski definition) is 0. The molecule has 2 rings (SSSR count). The van der Waals surface area contributed by atoms with Gasteiger partial charge in [0.2, 0.25) is 5.91 Å². The number of carbonyl (C=O) groups is 1. The van der Waals surface area contributed by atoms with E-state index in [9.17, 15) is 4.79 Å². The minimum atomic E-state index is 0.218. The van der Waals surface area contributed by atoms with Crippen molar-refractivity contribution >= 4 is 5.91 Å². The van der Waals surface area contributed by atoms with Gasteiger partial charge in [-0.2, -0.15) is 0 Å². The molecular weight excluding hydrogens is 248 g/mol. The highest BCUT2D eigenvalue weighted by Crippen LogP contribution is 2.31. The van der Waals surface area contributed by atoms with Crippen molar-refractivity contribution < 1.29 is 4.79 Å². The van der Waals surface area contributed by atoms with Crippen LogP contribution in [0.15, 0.2) is 18.3 Å². The molecule has 0 N–H and O–H groups in total. The topological polar surface area (TPSA) is 25.2 Å². The number of nitrogens with zero attached hydrogens (tertiary/aromatic N) is 2. The molecule has 1 unspecified atom stereocenters. The second-order valence-corrected chi connectivity index (χ2v) is 6.06. The molecule has 1 fully saturated rings. The Labute approximate surface area is 123 Å². The van der Waals surface area contributed by atoms with Crippen LogP contribution in [0.4, 0.5) is 0 Å². The standard InChI is InChI=1S/C17H28N2O/c1-4-6-8-14(5-2)17(20)19(15-10-11-15)13-16-9-7-12-18(16)3/h7,9,12,14-15H,4-6,8,10-11,13H2,1-3H3. The van der Waals surface area contributed by atoms with Crippen molar-refractivity contribution in [1.29, 1.82) is 0 Å². The van der Waals surface area contributed by atoms with E-state index in [1.54, 1.807) is 0 Å². The van der Waals surface area contributed by atoms with Crippen molar-refractivity contribution in [2.24, 2.45) is 13.0 Å². The summed E-state index contributed by atoms with van der Waals surface area (Å²) in [6, 6.07) is 4.67. The van der Waals surface area contributed by atoms with Crippen LogP contribution >= 0.6 is 0 Å². The van der Waals surface area contributed by atoms with Crippen LogP contribution in [0.1, 0.15) is 58.1 Å². The minimum absolute atomic E-state index is 0.218. The first-order valence-electron chi connectivity index (χ1n) is 8.08. The number of carbonyl (C=O) groups excluding carboxylic acids is 1. The van der Waals surface area contributed by atoms with Gasteiger partial charge in [0, 0.05) is 30.9 Å². The van der Waals surface area contributed by atoms with E-state index in [4.69, 9.17) is 0 Å². The third kappa shape index (κ3) is 3.65. The first kappa shape index (κ1) is 15.1. The van der Waals surface area contributed by atoms with Crippen LogP contribution in [0, 0.1) is 5.92 Å². The molecular formula is C17H28N2O. The van der Waals surface area contributed by atoms with E-state index in [-0.39, 0.29) is 5.92 Å². The summed E-state index contributed by atoms with van der Waals surface area (Å²) in [6.07, 6.45) is 8.76. The van der Waals surface area contributed by atoms with Gasteiger partial charge >= 0.3 is 0 Å². The molecule has 0 spiro atoms. The fraction of sp³-hybridized carbons (Fsp3) is 0.706. The summed E-state index contributed by atoms with van der Waals surface area (Å²) in [7, 11) is 2.05. The minimum Gasteiger partial charge on any atom is -0.353 e. The quantitative estimate of drug-likeness (QED) is 0.710. The molecule has 3 nitrogen and oxygen atoms in total. The van der Waals surface area contributed by atoms with Crippen molar-refractivity contribution in [1.82, 2.24) is 9.47 Å². The van der Waals surface area contributed by atoms with Gasteiger partial charge in [-0.25, -0.2) is 0 Å². The van der Waals surface area contributed by atoms with E-state index in [0.29, 0.717) is 11.9 Å². The van der Waals surface area contributed by atoms with Gasteiger partial charge in [0.05, 0.1) is 6.54 Å². The molecule has 20 heavy (non-hydrogen) atoms. The van der Waals surface area contributed by atoms with Crippen molar-refractivity contribution in [2.75, 3.05) is 0 Å². The smallest absolute Gasteiger partial charge is 0.226 e. The SMILES string of the molecule is CCCCC(CC)C(=O)N(Cc1cccn1C)C1CC1. The van der Waals surface area contributed by atoms with Gasteiger partial charge in [-0.3, -0.25) is 4.79 Å². The fourth-order valence-corrected chi connectivity index (χ4v) is 2.80. The summed E-state index contributed by atoms with van der Waals surface area (Å²) >= 11 is 0. The summed E-state index contributed by atoms with van der Waals surface area (Å²) in [5, 5.41) is 0. The molecule has 0 saturated heterocycles. The molecule has 1 saturated carbocycles. The second kappa shape index (κ2) is 6.96. The van der Waals surface area contributed by atoms with E-state index < -0.39 is 0 Å². The summed E-state index contributed by atoms with van der Waals surface area (Å²) in [4.78, 5) is 15.0. The Morgan fingerprint density at radius 2 is 2.20 bits per heavy atom. The lowest BCUT2D eigenvalue weighted by Crippen LogP contribution is -2.37. The average molecular weight is 276 g/mol. The van der Waals surface area contributed by atoms with Gasteiger partial charge in [0.15, 0.2) is 0 Å². The normalized spacial score (nSPS) is 16.1. The van der Waals surface area contributed by atoms with E-state index in [0.717, 1.165) is 25.8 Å². The van der Waals surface area contributed by atoms with Gasteiger partial charge < -0.3 is 9.47 Å². The molecule has 1 aromatic heterocycles. The lowest BCUT2D eigenvalue weighted by atomic mass is 9.97. The zero-order valence-electron chi connectivity index (χ0n) is 13.1. The molecule has 3 heteroatoms. The lowest BCUT2D eigenvalue weighted by Gasteiger charge is -2.27. The van der Waals surface area contributed by atoms with Crippen LogP contribution in [-0.4, -0.2) is 21.4 Å². The Kier molecular flexibility index (Phi) is 5.27. The third-order valence-corrected chi connectivity index (χ3v) is 4.40. The number of rotatable bonds is 8. The Bertz CT molecular complexity index is 434. The van der Waals surface area contributed by atoms with E-state index in [1.807, 2.05) is 0 Å². The predicted octanol–water partition coefficient (Wildman–Crippen LogP) is 3.73. The highest BCUT2D eigenvalue weighted by molar-refractivity contribution is 5.79. The molecule has 0 aliphatic heterocycles. The van der Waals surface area contributed by atoms with Crippen molar-refractivity contribution in [3.05, 3.63) is 24.0 Å². The van der Waals surface area contributed by atoms with Crippen LogP contribution in [0.3, 0.4) is 0 Å². The first-order valence-corrected chi connectivity index (χ1v) is 8.08. The van der Waals surface area contributed by atoms with Crippen LogP contribution in [0.5, 0.6) is 0 Å². The Balaban J connectivity index is 2.03. The van der Waals surface area contributed by atoms with Crippen LogP contribution in [0.25, 0.3) is 0 Å². The second-order valence-electron chi connectivity index (χ2n) is 6.06. The highest BCUT2D eigenvalue weighted by Gasteiger charge is 2.35. The van der Waals surface area contributed by atoms with Crippen molar-refractivity contribution in [2.45, 2.75) is 65.0 Å². The van der Waals surface area contributed by atoms with Gasteiger partial charge in [-0.1, -0.05) is 26.7 Å². The molecule has 112 valence electrons. The Hall–Kier alpha value is -1.25. The van der Waals surface area contributed by atoms with E-state index >= 15 is 0 Å². The Morgan fingerprint density at radius 3 is 2.70 bits per heavy atom. The molecule has 1 aliphatic carbocycles. The van der Waals surface area contributed by atoms with Gasteiger partial charge in [-0.05, 0) is 37.8 Å². The number of hydrogen-bond acceptors (Lipinski definition) is 1. The number of amides is 1. The van der Waals surface area contributed by atoms with Crippen LogP contribution in [0.2, 0.25) is 0 Å². The molecule has 1 atom stereocenters. The fourth-order valence-electron chi connectivity index (χ4n) is 2.80. The monoisotopic (exact) mass is 276 g/mol. The zero-order chi connectivity index (χ0) is 14.5. The van der Waals surface area contributed by atoms with Crippen LogP contribution < -0.4 is 0 Å². The molecule has 1 aromatic rings. The maximum atomic E-state index is 12.8.